The van der Waals surface area contributed by atoms with Crippen LogP contribution in [0.3, 0.4) is 0 Å². The average Bonchev–Trinajstić information content (AvgIpc) is 1.95. The number of hydrogen-bond donors (Lipinski definition) is 2. The van der Waals surface area contributed by atoms with E-state index in [1.165, 1.54) is 11.3 Å². The van der Waals surface area contributed by atoms with Gasteiger partial charge in [0.1, 0.15) is 0 Å². The van der Waals surface area contributed by atoms with Crippen LogP contribution in [0.25, 0.3) is 0 Å². The molecule has 0 fully saturated rings. The molecule has 0 saturated heterocycles. The summed E-state index contributed by atoms with van der Waals surface area (Å²) in [4.78, 5) is 4.48. The Morgan fingerprint density at radius 3 is 3.00 bits per heavy atom. The van der Waals surface area contributed by atoms with Crippen molar-refractivity contribution in [1.82, 2.24) is 5.32 Å². The van der Waals surface area contributed by atoms with Crippen molar-refractivity contribution >= 4 is 0 Å². The smallest absolute Gasteiger partial charge is 0.0910 e. The lowest BCUT2D eigenvalue weighted by Crippen LogP contribution is -2.21. The van der Waals surface area contributed by atoms with E-state index >= 15 is 0 Å². The minimum absolute atomic E-state index is 0.511. The molecule has 0 aromatic heterocycles. The largest absolute Gasteiger partial charge is 0.385 e. The van der Waals surface area contributed by atoms with Crippen LogP contribution < -0.4 is 11.2 Å². The number of dihydropyridines is 1. The molecule has 56 valence electrons. The molecule has 0 aromatic rings. The lowest BCUT2D eigenvalue weighted by molar-refractivity contribution is 0.159. The second-order valence-corrected chi connectivity index (χ2v) is 2.34. The van der Waals surface area contributed by atoms with E-state index in [-0.39, 0.29) is 0 Å². The quantitative estimate of drug-likeness (QED) is 0.543. The van der Waals surface area contributed by atoms with Gasteiger partial charge in [0.25, 0.3) is 0 Å². The van der Waals surface area contributed by atoms with E-state index < -0.39 is 0 Å². The predicted octanol–water partition coefficient (Wildman–Crippen LogP) is 0.310. The lowest BCUT2D eigenvalue weighted by atomic mass is 10.2. The Labute approximate surface area is 60.5 Å². The number of allylic oxidation sites excluding steroid dienone is 3. The maximum Gasteiger partial charge on any atom is 0.0910 e. The molecule has 0 unspecified atom stereocenters. The first kappa shape index (κ1) is 7.31. The molecule has 3 heteroatoms. The Morgan fingerprint density at radius 1 is 1.70 bits per heavy atom. The average molecular weight is 140 g/mol. The van der Waals surface area contributed by atoms with Crippen molar-refractivity contribution in [2.45, 2.75) is 6.92 Å². The number of hydrogen-bond acceptors (Lipinski definition) is 3. The van der Waals surface area contributed by atoms with Gasteiger partial charge >= 0.3 is 0 Å². The Bertz CT molecular complexity index is 168. The highest BCUT2D eigenvalue weighted by Gasteiger charge is 2.00. The topological polar surface area (TPSA) is 47.3 Å². The second kappa shape index (κ2) is 3.39. The molecule has 1 aliphatic heterocycles. The summed E-state index contributed by atoms with van der Waals surface area (Å²) in [5.41, 5.74) is 2.36. The SMILES string of the molecule is CC1=CC=C(CON)CN1. The van der Waals surface area contributed by atoms with Crippen molar-refractivity contribution in [2.75, 3.05) is 13.2 Å². The van der Waals surface area contributed by atoms with E-state index in [9.17, 15) is 0 Å². The van der Waals surface area contributed by atoms with E-state index in [1.807, 2.05) is 19.1 Å². The zero-order valence-electron chi connectivity index (χ0n) is 6.05. The molecule has 1 rings (SSSR count). The van der Waals surface area contributed by atoms with Crippen LogP contribution in [-0.2, 0) is 4.84 Å². The molecule has 0 bridgehead atoms. The molecular formula is C7H12N2O. The molecule has 0 aromatic carbocycles. The summed E-state index contributed by atoms with van der Waals surface area (Å²) in [7, 11) is 0. The molecule has 0 aliphatic carbocycles. The number of nitrogens with one attached hydrogen (secondary N) is 1. The first-order chi connectivity index (χ1) is 4.83. The molecule has 10 heavy (non-hydrogen) atoms. The van der Waals surface area contributed by atoms with Crippen LogP contribution in [0.5, 0.6) is 0 Å². The van der Waals surface area contributed by atoms with Gasteiger partial charge < -0.3 is 10.2 Å². The van der Waals surface area contributed by atoms with Gasteiger partial charge in [0.05, 0.1) is 6.61 Å². The van der Waals surface area contributed by atoms with Crippen LogP contribution in [0.4, 0.5) is 0 Å². The number of rotatable bonds is 2. The summed E-state index contributed by atoms with van der Waals surface area (Å²) >= 11 is 0. The van der Waals surface area contributed by atoms with Crippen LogP contribution in [0.2, 0.25) is 0 Å². The van der Waals surface area contributed by atoms with Crippen molar-refractivity contribution in [1.29, 1.82) is 0 Å². The van der Waals surface area contributed by atoms with Gasteiger partial charge in [0, 0.05) is 12.2 Å². The van der Waals surface area contributed by atoms with Gasteiger partial charge in [0.15, 0.2) is 0 Å². The van der Waals surface area contributed by atoms with Crippen molar-refractivity contribution in [3.05, 3.63) is 23.4 Å². The van der Waals surface area contributed by atoms with Crippen molar-refractivity contribution in [3.8, 4) is 0 Å². The number of nitrogens with two attached hydrogens (primary N) is 1. The van der Waals surface area contributed by atoms with Crippen LogP contribution in [0.1, 0.15) is 6.92 Å². The Morgan fingerprint density at radius 2 is 2.50 bits per heavy atom. The van der Waals surface area contributed by atoms with Gasteiger partial charge in [-0.25, -0.2) is 5.90 Å². The summed E-state index contributed by atoms with van der Waals surface area (Å²) in [6.07, 6.45) is 4.04. The fraction of sp³-hybridized carbons (Fsp3) is 0.429. The van der Waals surface area contributed by atoms with E-state index in [0.717, 1.165) is 6.54 Å². The zero-order valence-corrected chi connectivity index (χ0v) is 6.05. The first-order valence-electron chi connectivity index (χ1n) is 3.25. The molecule has 1 heterocycles. The summed E-state index contributed by atoms with van der Waals surface area (Å²) < 4.78 is 0. The molecule has 0 saturated carbocycles. The van der Waals surface area contributed by atoms with E-state index in [0.29, 0.717) is 6.61 Å². The molecule has 0 radical (unpaired) electrons. The maximum atomic E-state index is 4.90. The van der Waals surface area contributed by atoms with Gasteiger partial charge in [-0.15, -0.1) is 0 Å². The van der Waals surface area contributed by atoms with Crippen LogP contribution in [0.15, 0.2) is 23.4 Å². The van der Waals surface area contributed by atoms with Gasteiger partial charge in [-0.05, 0) is 18.6 Å². The molecule has 3 nitrogen and oxygen atoms in total. The zero-order chi connectivity index (χ0) is 7.40. The summed E-state index contributed by atoms with van der Waals surface area (Å²) in [5, 5.41) is 3.17. The highest BCUT2D eigenvalue weighted by Crippen LogP contribution is 2.02. The fourth-order valence-electron chi connectivity index (χ4n) is 0.820. The Kier molecular flexibility index (Phi) is 2.48. The van der Waals surface area contributed by atoms with Gasteiger partial charge in [-0.3, -0.25) is 0 Å². The lowest BCUT2D eigenvalue weighted by Gasteiger charge is -2.12. The molecule has 3 N–H and O–H groups in total. The van der Waals surface area contributed by atoms with Crippen LogP contribution in [-0.4, -0.2) is 13.2 Å². The van der Waals surface area contributed by atoms with Crippen molar-refractivity contribution < 1.29 is 4.84 Å². The third-order valence-corrected chi connectivity index (χ3v) is 1.43. The Balaban J connectivity index is 2.47. The summed E-state index contributed by atoms with van der Waals surface area (Å²) in [6, 6.07) is 0. The van der Waals surface area contributed by atoms with E-state index in [2.05, 4.69) is 10.2 Å². The van der Waals surface area contributed by atoms with Crippen molar-refractivity contribution in [3.63, 3.8) is 0 Å². The first-order valence-corrected chi connectivity index (χ1v) is 3.25. The van der Waals surface area contributed by atoms with Crippen LogP contribution in [0, 0.1) is 0 Å². The monoisotopic (exact) mass is 140 g/mol. The molecule has 1 aliphatic rings. The second-order valence-electron chi connectivity index (χ2n) is 2.34. The third-order valence-electron chi connectivity index (χ3n) is 1.43. The Hall–Kier alpha value is -0.800. The third kappa shape index (κ3) is 1.86. The normalized spacial score (nSPS) is 17.4. The van der Waals surface area contributed by atoms with Gasteiger partial charge in [0.2, 0.25) is 0 Å². The fourth-order valence-corrected chi connectivity index (χ4v) is 0.820. The highest BCUT2D eigenvalue weighted by molar-refractivity contribution is 5.22. The maximum absolute atomic E-state index is 4.90. The van der Waals surface area contributed by atoms with Gasteiger partial charge in [-0.2, -0.15) is 0 Å². The molecule has 0 spiro atoms. The standard InChI is InChI=1S/C7H12N2O/c1-6-2-3-7(4-9-6)5-10-8/h2-3,9H,4-5,8H2,1H3. The van der Waals surface area contributed by atoms with E-state index in [1.54, 1.807) is 0 Å². The van der Waals surface area contributed by atoms with Crippen molar-refractivity contribution in [2.24, 2.45) is 5.90 Å². The molecule has 0 amide bonds. The minimum atomic E-state index is 0.511. The predicted molar refractivity (Wildman–Crippen MR) is 40.0 cm³/mol. The molecular weight excluding hydrogens is 128 g/mol. The summed E-state index contributed by atoms with van der Waals surface area (Å²) in [5.74, 6) is 4.90. The van der Waals surface area contributed by atoms with Gasteiger partial charge in [-0.1, -0.05) is 6.08 Å². The van der Waals surface area contributed by atoms with E-state index in [4.69, 9.17) is 5.90 Å². The summed E-state index contributed by atoms with van der Waals surface area (Å²) in [6.45, 7) is 3.38. The highest BCUT2D eigenvalue weighted by atomic mass is 16.6. The molecule has 0 atom stereocenters. The minimum Gasteiger partial charge on any atom is -0.385 e. The van der Waals surface area contributed by atoms with Crippen LogP contribution >= 0.6 is 0 Å².